The Bertz CT molecular complexity index is 923. The fourth-order valence-corrected chi connectivity index (χ4v) is 3.98. The van der Waals surface area contributed by atoms with Crippen molar-refractivity contribution in [3.63, 3.8) is 0 Å². The lowest BCUT2D eigenvalue weighted by molar-refractivity contribution is -0.134. The summed E-state index contributed by atoms with van der Waals surface area (Å²) < 4.78 is 0. The quantitative estimate of drug-likeness (QED) is 0.664. The largest absolute Gasteiger partial charge is 0.349 e. The van der Waals surface area contributed by atoms with Crippen LogP contribution >= 0.6 is 11.6 Å². The van der Waals surface area contributed by atoms with Gasteiger partial charge in [0.05, 0.1) is 0 Å². The molecule has 3 amide bonds. The fourth-order valence-electron chi connectivity index (χ4n) is 3.86. The molecule has 0 bridgehead atoms. The summed E-state index contributed by atoms with van der Waals surface area (Å²) in [4.78, 5) is 40.1. The number of carbonyl (C=O) groups is 3. The van der Waals surface area contributed by atoms with Gasteiger partial charge >= 0.3 is 0 Å². The van der Waals surface area contributed by atoms with Crippen molar-refractivity contribution in [2.24, 2.45) is 5.92 Å². The average Bonchev–Trinajstić information content (AvgIpc) is 2.79. The molecular weight excluding hydrogens is 426 g/mol. The summed E-state index contributed by atoms with van der Waals surface area (Å²) >= 11 is 5.90. The molecule has 0 aliphatic carbocycles. The predicted octanol–water partition coefficient (Wildman–Crippen LogP) is 3.91. The van der Waals surface area contributed by atoms with Crippen molar-refractivity contribution in [2.45, 2.75) is 45.2 Å². The van der Waals surface area contributed by atoms with Gasteiger partial charge in [-0.05, 0) is 61.6 Å². The van der Waals surface area contributed by atoms with E-state index in [1.165, 1.54) is 0 Å². The van der Waals surface area contributed by atoms with Crippen molar-refractivity contribution in [3.8, 4) is 0 Å². The van der Waals surface area contributed by atoms with Crippen LogP contribution in [0.15, 0.2) is 54.6 Å². The highest BCUT2D eigenvalue weighted by atomic mass is 35.5. The second-order valence-corrected chi connectivity index (χ2v) is 9.04. The molecule has 1 aliphatic heterocycles. The SMILES string of the molecule is CC(C)CC(NC(=O)c1ccc(Cl)cc1)C(=O)N1CCC(NC(=O)c2ccccc2)CC1. The number of rotatable bonds is 7. The molecule has 3 rings (SSSR count). The molecule has 2 N–H and O–H groups in total. The standard InChI is InChI=1S/C25H30ClN3O3/c1-17(2)16-22(28-24(31)19-8-10-20(26)11-9-19)25(32)29-14-12-21(13-15-29)27-23(30)18-6-4-3-5-7-18/h3-11,17,21-22H,12-16H2,1-2H3,(H,27,30)(H,28,31). The number of nitrogens with one attached hydrogen (secondary N) is 2. The maximum absolute atomic E-state index is 13.2. The minimum atomic E-state index is -0.589. The number of amides is 3. The number of likely N-dealkylation sites (tertiary alicyclic amines) is 1. The summed E-state index contributed by atoms with van der Waals surface area (Å²) in [5, 5.41) is 6.51. The Kier molecular flexibility index (Phi) is 8.28. The number of halogens is 1. The molecule has 2 aromatic rings. The van der Waals surface area contributed by atoms with E-state index in [1.54, 1.807) is 41.3 Å². The average molecular weight is 456 g/mol. The molecule has 1 unspecified atom stereocenters. The first-order chi connectivity index (χ1) is 15.3. The van der Waals surface area contributed by atoms with Crippen molar-refractivity contribution >= 4 is 29.3 Å². The molecule has 0 aromatic heterocycles. The number of benzene rings is 2. The molecule has 1 heterocycles. The summed E-state index contributed by atoms with van der Waals surface area (Å²) in [6.07, 6.45) is 1.93. The molecule has 1 saturated heterocycles. The van der Waals surface area contributed by atoms with Crippen molar-refractivity contribution in [1.29, 1.82) is 0 Å². The van der Waals surface area contributed by atoms with Crippen LogP contribution in [-0.4, -0.2) is 47.8 Å². The van der Waals surface area contributed by atoms with Crippen molar-refractivity contribution in [1.82, 2.24) is 15.5 Å². The third kappa shape index (κ3) is 6.57. The Balaban J connectivity index is 1.57. The summed E-state index contributed by atoms with van der Waals surface area (Å²) in [5.74, 6) is -0.208. The first-order valence-electron chi connectivity index (χ1n) is 11.0. The van der Waals surface area contributed by atoms with E-state index < -0.39 is 6.04 Å². The minimum Gasteiger partial charge on any atom is -0.349 e. The molecule has 0 radical (unpaired) electrons. The fraction of sp³-hybridized carbons (Fsp3) is 0.400. The van der Waals surface area contributed by atoms with Gasteiger partial charge in [-0.3, -0.25) is 14.4 Å². The zero-order chi connectivity index (χ0) is 23.1. The van der Waals surface area contributed by atoms with E-state index >= 15 is 0 Å². The molecule has 170 valence electrons. The molecule has 2 aromatic carbocycles. The van der Waals surface area contributed by atoms with E-state index in [1.807, 2.05) is 32.0 Å². The van der Waals surface area contributed by atoms with Crippen LogP contribution in [0.25, 0.3) is 0 Å². The van der Waals surface area contributed by atoms with Gasteiger partial charge in [0.25, 0.3) is 11.8 Å². The first kappa shape index (κ1) is 23.8. The molecule has 7 heteroatoms. The predicted molar refractivity (Wildman–Crippen MR) is 126 cm³/mol. The number of piperidine rings is 1. The van der Waals surface area contributed by atoms with E-state index in [-0.39, 0.29) is 29.7 Å². The summed E-state index contributed by atoms with van der Waals surface area (Å²) in [6.45, 7) is 5.15. The van der Waals surface area contributed by atoms with Gasteiger partial charge in [0, 0.05) is 35.3 Å². The molecule has 1 atom stereocenters. The lowest BCUT2D eigenvalue weighted by atomic mass is 9.99. The van der Waals surface area contributed by atoms with Gasteiger partial charge in [-0.15, -0.1) is 0 Å². The molecule has 0 saturated carbocycles. The molecule has 6 nitrogen and oxygen atoms in total. The van der Waals surface area contributed by atoms with E-state index in [2.05, 4.69) is 10.6 Å². The summed E-state index contributed by atoms with van der Waals surface area (Å²) in [5.41, 5.74) is 1.10. The van der Waals surface area contributed by atoms with Gasteiger partial charge in [0.2, 0.25) is 5.91 Å². The van der Waals surface area contributed by atoms with Crippen molar-refractivity contribution in [3.05, 3.63) is 70.7 Å². The number of carbonyl (C=O) groups excluding carboxylic acids is 3. The van der Waals surface area contributed by atoms with Gasteiger partial charge in [0.15, 0.2) is 0 Å². The number of nitrogens with zero attached hydrogens (tertiary/aromatic N) is 1. The second kappa shape index (κ2) is 11.1. The van der Waals surface area contributed by atoms with Crippen LogP contribution in [0, 0.1) is 5.92 Å². The lowest BCUT2D eigenvalue weighted by Crippen LogP contribution is -2.53. The zero-order valence-corrected chi connectivity index (χ0v) is 19.3. The molecule has 1 fully saturated rings. The zero-order valence-electron chi connectivity index (χ0n) is 18.5. The third-order valence-corrected chi connectivity index (χ3v) is 5.85. The topological polar surface area (TPSA) is 78.5 Å². The van der Waals surface area contributed by atoms with Crippen LogP contribution in [0.1, 0.15) is 53.8 Å². The highest BCUT2D eigenvalue weighted by molar-refractivity contribution is 6.30. The Hall–Kier alpha value is -2.86. The van der Waals surface area contributed by atoms with Gasteiger partial charge < -0.3 is 15.5 Å². The van der Waals surface area contributed by atoms with E-state index in [0.29, 0.717) is 48.5 Å². The van der Waals surface area contributed by atoms with Gasteiger partial charge in [-0.2, -0.15) is 0 Å². The summed E-state index contributed by atoms with van der Waals surface area (Å²) in [7, 11) is 0. The van der Waals surface area contributed by atoms with E-state index in [0.717, 1.165) is 0 Å². The highest BCUT2D eigenvalue weighted by Gasteiger charge is 2.30. The minimum absolute atomic E-state index is 0.0268. The number of hydrogen-bond acceptors (Lipinski definition) is 3. The maximum atomic E-state index is 13.2. The van der Waals surface area contributed by atoms with Crippen LogP contribution in [-0.2, 0) is 4.79 Å². The van der Waals surface area contributed by atoms with E-state index in [9.17, 15) is 14.4 Å². The van der Waals surface area contributed by atoms with Crippen LogP contribution < -0.4 is 10.6 Å². The third-order valence-electron chi connectivity index (χ3n) is 5.59. The maximum Gasteiger partial charge on any atom is 0.251 e. The molecule has 1 aliphatic rings. The van der Waals surface area contributed by atoms with Gasteiger partial charge in [-0.25, -0.2) is 0 Å². The Labute approximate surface area is 194 Å². The highest BCUT2D eigenvalue weighted by Crippen LogP contribution is 2.16. The van der Waals surface area contributed by atoms with Crippen LogP contribution in [0.5, 0.6) is 0 Å². The smallest absolute Gasteiger partial charge is 0.251 e. The van der Waals surface area contributed by atoms with E-state index in [4.69, 9.17) is 11.6 Å². The first-order valence-corrected chi connectivity index (χ1v) is 11.4. The van der Waals surface area contributed by atoms with Gasteiger partial charge in [0.1, 0.15) is 6.04 Å². The Morgan fingerprint density at radius 2 is 1.53 bits per heavy atom. The van der Waals surface area contributed by atoms with Crippen LogP contribution in [0.3, 0.4) is 0 Å². The van der Waals surface area contributed by atoms with Crippen molar-refractivity contribution < 1.29 is 14.4 Å². The Morgan fingerprint density at radius 1 is 0.938 bits per heavy atom. The lowest BCUT2D eigenvalue weighted by Gasteiger charge is -2.35. The molecule has 32 heavy (non-hydrogen) atoms. The van der Waals surface area contributed by atoms with Crippen molar-refractivity contribution in [2.75, 3.05) is 13.1 Å². The number of hydrogen-bond donors (Lipinski definition) is 2. The normalized spacial score (nSPS) is 15.3. The van der Waals surface area contributed by atoms with Crippen LogP contribution in [0.2, 0.25) is 5.02 Å². The molecular formula is C25H30ClN3O3. The monoisotopic (exact) mass is 455 g/mol. The van der Waals surface area contributed by atoms with Crippen LogP contribution in [0.4, 0.5) is 0 Å². The van der Waals surface area contributed by atoms with Gasteiger partial charge in [-0.1, -0.05) is 43.6 Å². The summed E-state index contributed by atoms with van der Waals surface area (Å²) in [6, 6.07) is 15.2. The Morgan fingerprint density at radius 3 is 2.12 bits per heavy atom. The molecule has 0 spiro atoms. The second-order valence-electron chi connectivity index (χ2n) is 8.60.